The van der Waals surface area contributed by atoms with Crippen molar-refractivity contribution in [2.45, 2.75) is 6.92 Å². The Morgan fingerprint density at radius 3 is 2.56 bits per heavy atom. The molecule has 1 heterocycles. The van der Waals surface area contributed by atoms with E-state index in [-0.39, 0.29) is 5.69 Å². The smallest absolute Gasteiger partial charge is 0.334 e. The first-order valence-corrected chi connectivity index (χ1v) is 5.29. The maximum Gasteiger partial charge on any atom is 0.334 e. The zero-order valence-electron chi connectivity index (χ0n) is 10.0. The fraction of sp³-hybridized carbons (Fsp3) is 0.182. The van der Waals surface area contributed by atoms with Gasteiger partial charge in [0, 0.05) is 18.4 Å². The molecule has 2 aromatic rings. The van der Waals surface area contributed by atoms with Crippen molar-refractivity contribution in [1.29, 1.82) is 0 Å². The third-order valence-electron chi connectivity index (χ3n) is 2.55. The van der Waals surface area contributed by atoms with Crippen LogP contribution in [0.2, 0.25) is 0 Å². The van der Waals surface area contributed by atoms with E-state index in [1.807, 2.05) is 0 Å². The Morgan fingerprint density at radius 2 is 2.00 bits per heavy atom. The number of nitrogens with two attached hydrogens (primary N) is 1. The summed E-state index contributed by atoms with van der Waals surface area (Å²) < 4.78 is 1.45. The molecule has 0 radical (unpaired) electrons. The Hall–Kier alpha value is -2.57. The Morgan fingerprint density at radius 1 is 1.39 bits per heavy atom. The van der Waals surface area contributed by atoms with Crippen molar-refractivity contribution in [3.05, 3.63) is 40.1 Å². The van der Waals surface area contributed by atoms with Crippen molar-refractivity contribution < 1.29 is 4.92 Å². The lowest BCUT2D eigenvalue weighted by molar-refractivity contribution is -0.384. The van der Waals surface area contributed by atoms with Crippen molar-refractivity contribution in [2.24, 2.45) is 7.05 Å². The van der Waals surface area contributed by atoms with Gasteiger partial charge in [-0.05, 0) is 31.2 Å². The summed E-state index contributed by atoms with van der Waals surface area (Å²) in [5.74, 6) is 0.349. The minimum atomic E-state index is -0.442. The van der Waals surface area contributed by atoms with Gasteiger partial charge in [-0.25, -0.2) is 4.68 Å². The SMILES string of the molecule is Cc1nn(C)c(Nc2ccc(N)cc2)c1[N+](=O)[O-]. The largest absolute Gasteiger partial charge is 0.399 e. The standard InChI is InChI=1S/C11H13N5O2/c1-7-10(16(17)18)11(15(2)14-7)13-9-5-3-8(12)4-6-9/h3-6,13H,12H2,1-2H3. The maximum absolute atomic E-state index is 11.0. The summed E-state index contributed by atoms with van der Waals surface area (Å²) in [7, 11) is 1.65. The second kappa shape index (κ2) is 4.36. The lowest BCUT2D eigenvalue weighted by Gasteiger charge is -2.06. The summed E-state index contributed by atoms with van der Waals surface area (Å²) in [6.45, 7) is 1.60. The summed E-state index contributed by atoms with van der Waals surface area (Å²) in [5, 5.41) is 18.0. The van der Waals surface area contributed by atoms with Crippen molar-refractivity contribution in [1.82, 2.24) is 9.78 Å². The van der Waals surface area contributed by atoms with Crippen molar-refractivity contribution >= 4 is 22.9 Å². The molecule has 7 nitrogen and oxygen atoms in total. The highest BCUT2D eigenvalue weighted by molar-refractivity contribution is 5.68. The molecule has 0 saturated heterocycles. The molecule has 0 unspecified atom stereocenters. The fourth-order valence-corrected chi connectivity index (χ4v) is 1.71. The first kappa shape index (κ1) is 11.9. The molecule has 3 N–H and O–H groups in total. The van der Waals surface area contributed by atoms with E-state index >= 15 is 0 Å². The van der Waals surface area contributed by atoms with Gasteiger partial charge in [-0.1, -0.05) is 0 Å². The van der Waals surface area contributed by atoms with Gasteiger partial charge >= 0.3 is 5.69 Å². The molecular weight excluding hydrogens is 234 g/mol. The molecule has 1 aromatic carbocycles. The van der Waals surface area contributed by atoms with Gasteiger partial charge in [0.15, 0.2) is 0 Å². The third-order valence-corrected chi connectivity index (χ3v) is 2.55. The fourth-order valence-electron chi connectivity index (χ4n) is 1.71. The average molecular weight is 247 g/mol. The van der Waals surface area contributed by atoms with Crippen LogP contribution in [0.4, 0.5) is 22.9 Å². The van der Waals surface area contributed by atoms with Crippen molar-refractivity contribution in [2.75, 3.05) is 11.1 Å². The van der Waals surface area contributed by atoms with E-state index in [4.69, 9.17) is 5.73 Å². The molecule has 0 spiro atoms. The third kappa shape index (κ3) is 2.10. The Kier molecular flexibility index (Phi) is 2.88. The highest BCUT2D eigenvalue weighted by Crippen LogP contribution is 2.30. The van der Waals surface area contributed by atoms with E-state index in [9.17, 15) is 10.1 Å². The zero-order valence-corrected chi connectivity index (χ0v) is 10.0. The lowest BCUT2D eigenvalue weighted by Crippen LogP contribution is -2.01. The Bertz CT molecular complexity index is 588. The normalized spacial score (nSPS) is 10.3. The van der Waals surface area contributed by atoms with E-state index in [2.05, 4.69) is 10.4 Å². The highest BCUT2D eigenvalue weighted by Gasteiger charge is 2.23. The number of hydrogen-bond donors (Lipinski definition) is 2. The Labute approximate surface area is 103 Å². The van der Waals surface area contributed by atoms with Crippen LogP contribution in [-0.2, 0) is 7.05 Å². The topological polar surface area (TPSA) is 99.0 Å². The van der Waals surface area contributed by atoms with Crippen LogP contribution >= 0.6 is 0 Å². The first-order valence-electron chi connectivity index (χ1n) is 5.29. The van der Waals surface area contributed by atoms with Gasteiger partial charge in [-0.15, -0.1) is 0 Å². The summed E-state index contributed by atoms with van der Waals surface area (Å²) in [4.78, 5) is 10.5. The van der Waals surface area contributed by atoms with Crippen LogP contribution in [0.25, 0.3) is 0 Å². The number of nitrogen functional groups attached to an aromatic ring is 1. The predicted molar refractivity (Wildman–Crippen MR) is 68.7 cm³/mol. The highest BCUT2D eigenvalue weighted by atomic mass is 16.6. The van der Waals surface area contributed by atoms with Gasteiger partial charge in [0.25, 0.3) is 0 Å². The molecule has 0 saturated carbocycles. The van der Waals surface area contributed by atoms with E-state index in [0.717, 1.165) is 5.69 Å². The second-order valence-corrected chi connectivity index (χ2v) is 3.91. The maximum atomic E-state index is 11.0. The van der Waals surface area contributed by atoms with Crippen LogP contribution in [0.15, 0.2) is 24.3 Å². The van der Waals surface area contributed by atoms with Crippen molar-refractivity contribution in [3.8, 4) is 0 Å². The molecule has 2 rings (SSSR count). The van der Waals surface area contributed by atoms with Gasteiger partial charge < -0.3 is 11.1 Å². The number of anilines is 3. The predicted octanol–water partition coefficient (Wildman–Crippen LogP) is 1.96. The zero-order chi connectivity index (χ0) is 13.3. The van der Waals surface area contributed by atoms with E-state index in [0.29, 0.717) is 17.2 Å². The number of nitrogens with one attached hydrogen (secondary N) is 1. The van der Waals surface area contributed by atoms with Gasteiger partial charge in [0.2, 0.25) is 5.82 Å². The molecule has 0 aliphatic rings. The number of benzene rings is 1. The van der Waals surface area contributed by atoms with Crippen LogP contribution in [-0.4, -0.2) is 14.7 Å². The van der Waals surface area contributed by atoms with Crippen LogP contribution in [0.1, 0.15) is 5.69 Å². The molecule has 7 heteroatoms. The molecule has 0 fully saturated rings. The number of aryl methyl sites for hydroxylation is 2. The van der Waals surface area contributed by atoms with Crippen LogP contribution in [0, 0.1) is 17.0 Å². The summed E-state index contributed by atoms with van der Waals surface area (Å²) in [6, 6.07) is 6.94. The summed E-state index contributed by atoms with van der Waals surface area (Å²) >= 11 is 0. The minimum Gasteiger partial charge on any atom is -0.399 e. The molecule has 0 aliphatic heterocycles. The van der Waals surface area contributed by atoms with Crippen LogP contribution in [0.5, 0.6) is 0 Å². The number of nitro groups is 1. The quantitative estimate of drug-likeness (QED) is 0.490. The number of aromatic nitrogens is 2. The lowest BCUT2D eigenvalue weighted by atomic mass is 10.3. The van der Waals surface area contributed by atoms with E-state index in [1.54, 1.807) is 38.2 Å². The second-order valence-electron chi connectivity index (χ2n) is 3.91. The molecule has 94 valence electrons. The number of nitrogens with zero attached hydrogens (tertiary/aromatic N) is 3. The van der Waals surface area contributed by atoms with Crippen molar-refractivity contribution in [3.63, 3.8) is 0 Å². The first-order chi connectivity index (χ1) is 8.49. The molecule has 1 aromatic heterocycles. The van der Waals surface area contributed by atoms with Gasteiger partial charge in [0.1, 0.15) is 5.69 Å². The molecule has 0 aliphatic carbocycles. The molecule has 0 amide bonds. The minimum absolute atomic E-state index is 0.0191. The number of hydrogen-bond acceptors (Lipinski definition) is 5. The number of rotatable bonds is 3. The Balaban J connectivity index is 2.39. The summed E-state index contributed by atoms with van der Waals surface area (Å²) in [5.41, 5.74) is 7.29. The molecule has 18 heavy (non-hydrogen) atoms. The van der Waals surface area contributed by atoms with E-state index in [1.165, 1.54) is 4.68 Å². The molecular formula is C11H13N5O2. The molecule has 0 atom stereocenters. The van der Waals surface area contributed by atoms with Crippen LogP contribution < -0.4 is 11.1 Å². The van der Waals surface area contributed by atoms with Gasteiger partial charge in [0.05, 0.1) is 4.92 Å². The molecule has 0 bridgehead atoms. The summed E-state index contributed by atoms with van der Waals surface area (Å²) in [6.07, 6.45) is 0. The monoisotopic (exact) mass is 247 g/mol. The average Bonchev–Trinajstić information content (AvgIpc) is 2.57. The van der Waals surface area contributed by atoms with Gasteiger partial charge in [-0.3, -0.25) is 10.1 Å². The van der Waals surface area contributed by atoms with E-state index < -0.39 is 4.92 Å². The van der Waals surface area contributed by atoms with Crippen LogP contribution in [0.3, 0.4) is 0 Å². The van der Waals surface area contributed by atoms with Gasteiger partial charge in [-0.2, -0.15) is 5.10 Å².